The van der Waals surface area contributed by atoms with Crippen molar-refractivity contribution in [3.63, 3.8) is 0 Å². The van der Waals surface area contributed by atoms with E-state index in [0.29, 0.717) is 24.2 Å². The summed E-state index contributed by atoms with van der Waals surface area (Å²) in [5.41, 5.74) is -5.85. The molecule has 0 spiro atoms. The van der Waals surface area contributed by atoms with E-state index in [9.17, 15) is 36.0 Å². The van der Waals surface area contributed by atoms with Crippen LogP contribution in [-0.4, -0.2) is 57.1 Å². The van der Waals surface area contributed by atoms with Gasteiger partial charge in [-0.2, -0.15) is 13.2 Å². The summed E-state index contributed by atoms with van der Waals surface area (Å²) in [5, 5.41) is 5.45. The fraction of sp³-hybridized carbons (Fsp3) is 0.400. The number of benzene rings is 3. The molecule has 0 unspecified atom stereocenters. The summed E-state index contributed by atoms with van der Waals surface area (Å²) < 4.78 is 94.5. The Morgan fingerprint density at radius 2 is 1.62 bits per heavy atom. The number of carbonyl (C=O) groups is 3. The highest BCUT2D eigenvalue weighted by Crippen LogP contribution is 2.49. The largest absolute Gasteiger partial charge is 0.501 e. The Morgan fingerprint density at radius 3 is 2.26 bits per heavy atom. The summed E-state index contributed by atoms with van der Waals surface area (Å²) in [6, 6.07) is 11.8. The third-order valence-electron chi connectivity index (χ3n) is 8.71. The van der Waals surface area contributed by atoms with Crippen molar-refractivity contribution in [1.29, 1.82) is 0 Å². The van der Waals surface area contributed by atoms with E-state index in [-0.39, 0.29) is 41.0 Å². The monoisotopic (exact) mass is 720 g/mol. The van der Waals surface area contributed by atoms with Gasteiger partial charge in [-0.05, 0) is 93.8 Å². The van der Waals surface area contributed by atoms with Gasteiger partial charge in [0.2, 0.25) is 5.91 Å². The van der Waals surface area contributed by atoms with Crippen molar-refractivity contribution in [3.8, 4) is 22.6 Å². The minimum atomic E-state index is -5.64. The van der Waals surface area contributed by atoms with Gasteiger partial charge in [0.1, 0.15) is 22.9 Å². The maximum absolute atomic E-state index is 15.3. The standard InChI is InChI=1S/C35H36F4N2O8S/c1-34(2,3)49-29(42)18-48-23-12-10-19(11-13-23)25-16-26(28(47-4)17-27(25)36)32(43)41-31-21-9-8-20(14-21)30(31)33(44)40-22-6-5-7-24(15-22)50(45,46)35(37,38)39/h5-7,10-13,15-17,20-21,30-31H,8-9,14,18H2,1-4H3,(H,40,44)(H,41,43)/t20-,21+,30+,31-/m1/s1. The smallest absolute Gasteiger partial charge is 0.496 e. The number of anilines is 1. The predicted octanol–water partition coefficient (Wildman–Crippen LogP) is 6.30. The lowest BCUT2D eigenvalue weighted by atomic mass is 9.83. The molecule has 0 aromatic heterocycles. The summed E-state index contributed by atoms with van der Waals surface area (Å²) in [6.45, 7) is 4.87. The van der Waals surface area contributed by atoms with Crippen molar-refractivity contribution in [2.45, 2.75) is 62.1 Å². The average molecular weight is 721 g/mol. The lowest BCUT2D eigenvalue weighted by Crippen LogP contribution is -2.48. The highest BCUT2D eigenvalue weighted by Gasteiger charge is 2.52. The van der Waals surface area contributed by atoms with E-state index < -0.39 is 61.4 Å². The second-order valence-electron chi connectivity index (χ2n) is 13.3. The van der Waals surface area contributed by atoms with E-state index in [1.165, 1.54) is 31.4 Å². The third kappa shape index (κ3) is 7.87. The molecule has 0 aliphatic heterocycles. The first-order valence-corrected chi connectivity index (χ1v) is 17.2. The number of rotatable bonds is 10. The summed E-state index contributed by atoms with van der Waals surface area (Å²) >= 11 is 0. The lowest BCUT2D eigenvalue weighted by Gasteiger charge is -2.31. The van der Waals surface area contributed by atoms with Crippen molar-refractivity contribution >= 4 is 33.3 Å². The first-order chi connectivity index (χ1) is 23.4. The summed E-state index contributed by atoms with van der Waals surface area (Å²) in [5.74, 6) is -3.12. The molecule has 10 nitrogen and oxygen atoms in total. The zero-order chi connectivity index (χ0) is 36.6. The molecule has 2 bridgehead atoms. The number of halogens is 4. The molecule has 2 fully saturated rings. The number of fused-ring (bicyclic) bond motifs is 2. The average Bonchev–Trinajstić information content (AvgIpc) is 3.65. The number of methoxy groups -OCH3 is 1. The zero-order valence-corrected chi connectivity index (χ0v) is 28.4. The Bertz CT molecular complexity index is 1890. The molecule has 2 aliphatic carbocycles. The van der Waals surface area contributed by atoms with Crippen molar-refractivity contribution in [3.05, 3.63) is 72.0 Å². The Balaban J connectivity index is 1.33. The number of esters is 1. The highest BCUT2D eigenvalue weighted by molar-refractivity contribution is 7.92. The topological polar surface area (TPSA) is 137 Å². The van der Waals surface area contributed by atoms with E-state index in [1.54, 1.807) is 32.9 Å². The molecule has 15 heteroatoms. The molecular formula is C35H36F4N2O8S. The van der Waals surface area contributed by atoms with Crippen molar-refractivity contribution in [2.75, 3.05) is 19.0 Å². The first kappa shape index (κ1) is 36.6. The number of hydrogen-bond donors (Lipinski definition) is 2. The van der Waals surface area contributed by atoms with E-state index in [1.807, 2.05) is 0 Å². The van der Waals surface area contributed by atoms with E-state index >= 15 is 4.39 Å². The summed E-state index contributed by atoms with van der Waals surface area (Å²) in [4.78, 5) is 38.2. The second kappa shape index (κ2) is 13.9. The van der Waals surface area contributed by atoms with Crippen LogP contribution in [0, 0.1) is 23.6 Å². The molecule has 2 N–H and O–H groups in total. The summed E-state index contributed by atoms with van der Waals surface area (Å²) in [7, 11) is -4.36. The normalized spacial score (nSPS) is 20.2. The molecule has 2 saturated carbocycles. The number of amides is 2. The molecule has 50 heavy (non-hydrogen) atoms. The SMILES string of the molecule is COc1cc(F)c(-c2ccc(OCC(=O)OC(C)(C)C)cc2)cc1C(=O)N[C@@H]1[C@H]2CC[C@H](C2)[C@@H]1C(=O)Nc1cccc(S(=O)(=O)C(F)(F)F)c1. The molecule has 3 aromatic rings. The Hall–Kier alpha value is -4.66. The maximum Gasteiger partial charge on any atom is 0.501 e. The van der Waals surface area contributed by atoms with Crippen LogP contribution in [0.4, 0.5) is 23.2 Å². The third-order valence-corrected chi connectivity index (χ3v) is 10.2. The molecule has 0 saturated heterocycles. The minimum absolute atomic E-state index is 0.00106. The Labute approximate surface area is 286 Å². The van der Waals surface area contributed by atoms with Crippen LogP contribution in [0.3, 0.4) is 0 Å². The van der Waals surface area contributed by atoms with Crippen molar-refractivity contribution in [2.24, 2.45) is 17.8 Å². The number of alkyl halides is 3. The van der Waals surface area contributed by atoms with Gasteiger partial charge in [0.15, 0.2) is 6.61 Å². The van der Waals surface area contributed by atoms with Crippen molar-refractivity contribution < 1.29 is 54.6 Å². The molecular weight excluding hydrogens is 684 g/mol. The summed E-state index contributed by atoms with van der Waals surface area (Å²) in [6.07, 6.45) is 2.05. The van der Waals surface area contributed by atoms with Gasteiger partial charge in [0.25, 0.3) is 15.7 Å². The zero-order valence-electron chi connectivity index (χ0n) is 27.6. The van der Waals surface area contributed by atoms with Gasteiger partial charge in [0, 0.05) is 23.4 Å². The Morgan fingerprint density at radius 1 is 0.940 bits per heavy atom. The Kier molecular flexibility index (Phi) is 10.2. The minimum Gasteiger partial charge on any atom is -0.496 e. The van der Waals surface area contributed by atoms with E-state index in [0.717, 1.165) is 30.7 Å². The number of nitrogens with one attached hydrogen (secondary N) is 2. The molecule has 2 aliphatic rings. The van der Waals surface area contributed by atoms with Gasteiger partial charge in [-0.25, -0.2) is 17.6 Å². The van der Waals surface area contributed by atoms with Crippen LogP contribution >= 0.6 is 0 Å². The van der Waals surface area contributed by atoms with Crippen LogP contribution in [0.25, 0.3) is 11.1 Å². The molecule has 268 valence electrons. The molecule has 3 aromatic carbocycles. The van der Waals surface area contributed by atoms with Gasteiger partial charge in [-0.1, -0.05) is 18.2 Å². The number of sulfone groups is 1. The lowest BCUT2D eigenvalue weighted by molar-refractivity contribution is -0.157. The first-order valence-electron chi connectivity index (χ1n) is 15.7. The molecule has 5 rings (SSSR count). The van der Waals surface area contributed by atoms with Crippen LogP contribution in [0.5, 0.6) is 11.5 Å². The van der Waals surface area contributed by atoms with E-state index in [4.69, 9.17) is 14.2 Å². The quantitative estimate of drug-likeness (QED) is 0.184. The van der Waals surface area contributed by atoms with Crippen LogP contribution in [0.15, 0.2) is 65.6 Å². The number of hydrogen-bond acceptors (Lipinski definition) is 8. The van der Waals surface area contributed by atoms with Gasteiger partial charge in [-0.15, -0.1) is 0 Å². The van der Waals surface area contributed by atoms with Gasteiger partial charge in [-0.3, -0.25) is 9.59 Å². The maximum atomic E-state index is 15.3. The van der Waals surface area contributed by atoms with Gasteiger partial charge < -0.3 is 24.8 Å². The van der Waals surface area contributed by atoms with Crippen LogP contribution in [0.1, 0.15) is 50.4 Å². The predicted molar refractivity (Wildman–Crippen MR) is 174 cm³/mol. The van der Waals surface area contributed by atoms with Crippen LogP contribution in [-0.2, 0) is 24.2 Å². The van der Waals surface area contributed by atoms with Crippen LogP contribution in [0.2, 0.25) is 0 Å². The molecule has 2 amide bonds. The number of carbonyl (C=O) groups excluding carboxylic acids is 3. The van der Waals surface area contributed by atoms with Gasteiger partial charge >= 0.3 is 11.5 Å². The molecule has 0 radical (unpaired) electrons. The number of ether oxygens (including phenoxy) is 3. The molecule has 0 heterocycles. The fourth-order valence-electron chi connectivity index (χ4n) is 6.57. The van der Waals surface area contributed by atoms with Crippen molar-refractivity contribution in [1.82, 2.24) is 5.32 Å². The second-order valence-corrected chi connectivity index (χ2v) is 15.2. The highest BCUT2D eigenvalue weighted by atomic mass is 32.2. The fourth-order valence-corrected chi connectivity index (χ4v) is 7.38. The molecule has 4 atom stereocenters. The van der Waals surface area contributed by atoms with Gasteiger partial charge in [0.05, 0.1) is 23.5 Å². The van der Waals surface area contributed by atoms with Crippen LogP contribution < -0.4 is 20.1 Å². The van der Waals surface area contributed by atoms with E-state index in [2.05, 4.69) is 10.6 Å².